The molecule has 0 spiro atoms. The lowest BCUT2D eigenvalue weighted by molar-refractivity contribution is -0.153. The quantitative estimate of drug-likeness (QED) is 0.0234. The van der Waals surface area contributed by atoms with E-state index in [9.17, 15) is 29.3 Å². The fourth-order valence-corrected chi connectivity index (χ4v) is 6.75. The Hall–Kier alpha value is -2.59. The van der Waals surface area contributed by atoms with E-state index in [1.165, 1.54) is 83.5 Å². The number of aliphatic hydroxyl groups excluding tert-OH is 2. The SMILES string of the molecule is CC/C=C\C/C=C\C/C=C\C/C=C\C/C=C\C/C=C\CCC(=O)OC(CO)COP(=O)(O)OCC(CO)OC(=O)CCCCCCCCCCCCCCCCCCC. The average molecular weight is 851 g/mol. The fraction of sp³-hybridized carbons (Fsp3) is 0.708. The van der Waals surface area contributed by atoms with E-state index in [0.29, 0.717) is 12.8 Å². The van der Waals surface area contributed by atoms with Gasteiger partial charge in [-0.25, -0.2) is 4.57 Å². The first kappa shape index (κ1) is 56.4. The highest BCUT2D eigenvalue weighted by Gasteiger charge is 2.27. The van der Waals surface area contributed by atoms with Crippen LogP contribution in [0.2, 0.25) is 0 Å². The molecule has 0 aromatic heterocycles. The first-order valence-corrected chi connectivity index (χ1v) is 24.4. The monoisotopic (exact) mass is 851 g/mol. The lowest BCUT2D eigenvalue weighted by atomic mass is 10.0. The molecule has 0 aliphatic heterocycles. The molecule has 59 heavy (non-hydrogen) atoms. The Morgan fingerprint density at radius 2 is 0.797 bits per heavy atom. The number of allylic oxidation sites excluding steroid dienone is 12. The first-order chi connectivity index (χ1) is 28.8. The van der Waals surface area contributed by atoms with Crippen LogP contribution in [0.3, 0.4) is 0 Å². The van der Waals surface area contributed by atoms with E-state index < -0.39 is 58.4 Å². The largest absolute Gasteiger partial charge is 0.472 e. The number of phosphoric acid groups is 1. The van der Waals surface area contributed by atoms with Crippen LogP contribution in [-0.4, -0.2) is 65.7 Å². The van der Waals surface area contributed by atoms with Gasteiger partial charge >= 0.3 is 19.8 Å². The van der Waals surface area contributed by atoms with Gasteiger partial charge < -0.3 is 24.6 Å². The molecule has 3 atom stereocenters. The minimum atomic E-state index is -4.66. The third kappa shape index (κ3) is 41.9. The minimum absolute atomic E-state index is 0.0645. The van der Waals surface area contributed by atoms with Gasteiger partial charge in [-0.1, -0.05) is 189 Å². The summed E-state index contributed by atoms with van der Waals surface area (Å²) in [4.78, 5) is 34.5. The topological polar surface area (TPSA) is 149 Å². The van der Waals surface area contributed by atoms with Crippen molar-refractivity contribution in [2.45, 2.75) is 193 Å². The van der Waals surface area contributed by atoms with Crippen molar-refractivity contribution in [2.75, 3.05) is 26.4 Å². The zero-order chi connectivity index (χ0) is 43.3. The Labute approximate surface area is 358 Å². The predicted octanol–water partition coefficient (Wildman–Crippen LogP) is 12.4. The molecule has 0 saturated heterocycles. The summed E-state index contributed by atoms with van der Waals surface area (Å²) in [5.74, 6) is -1.11. The number of ether oxygens (including phenoxy) is 2. The molecule has 10 nitrogen and oxygen atoms in total. The predicted molar refractivity (Wildman–Crippen MR) is 242 cm³/mol. The van der Waals surface area contributed by atoms with E-state index >= 15 is 0 Å². The smallest absolute Gasteiger partial charge is 0.457 e. The second kappa shape index (κ2) is 43.5. The highest BCUT2D eigenvalue weighted by Crippen LogP contribution is 2.43. The standard InChI is InChI=1S/C48H83O10P/c1-3-5-7-9-11-13-15-17-19-21-22-24-26-28-30-32-34-36-38-40-48(52)58-46(42-50)44-56-59(53,54)55-43-45(41-49)57-47(51)39-37-35-33-31-29-27-25-23-20-18-16-14-12-10-8-6-4-2/h5,7,11,13,17,19,22,24,28,30,34,36,45-46,49-50H,3-4,6,8-10,12,14-16,18,20-21,23,25-27,29,31-33,35,37-44H2,1-2H3,(H,53,54)/b7-5-,13-11-,19-17-,24-22-,30-28-,36-34-. The van der Waals surface area contributed by atoms with Crippen molar-refractivity contribution in [1.29, 1.82) is 0 Å². The summed E-state index contributed by atoms with van der Waals surface area (Å²) < 4.78 is 32.5. The second-order valence-corrected chi connectivity index (χ2v) is 16.5. The summed E-state index contributed by atoms with van der Waals surface area (Å²) >= 11 is 0. The number of hydrogen-bond donors (Lipinski definition) is 3. The maximum Gasteiger partial charge on any atom is 0.472 e. The van der Waals surface area contributed by atoms with Crippen LogP contribution in [0.15, 0.2) is 72.9 Å². The number of carbonyl (C=O) groups excluding carboxylic acids is 2. The summed E-state index contributed by atoms with van der Waals surface area (Å²) in [6, 6.07) is 0. The maximum absolute atomic E-state index is 12.4. The van der Waals surface area contributed by atoms with E-state index in [-0.39, 0.29) is 12.8 Å². The summed E-state index contributed by atoms with van der Waals surface area (Å²) in [5, 5.41) is 19.2. The number of aliphatic hydroxyl groups is 2. The van der Waals surface area contributed by atoms with Gasteiger partial charge in [0.25, 0.3) is 0 Å². The van der Waals surface area contributed by atoms with Gasteiger partial charge in [-0.3, -0.25) is 18.6 Å². The Morgan fingerprint density at radius 3 is 1.15 bits per heavy atom. The lowest BCUT2D eigenvalue weighted by Gasteiger charge is -2.20. The summed E-state index contributed by atoms with van der Waals surface area (Å²) in [6.07, 6.45) is 50.3. The number of unbranched alkanes of at least 4 members (excludes halogenated alkanes) is 16. The third-order valence-corrected chi connectivity index (χ3v) is 10.4. The van der Waals surface area contributed by atoms with Crippen LogP contribution >= 0.6 is 7.82 Å². The third-order valence-electron chi connectivity index (χ3n) is 9.45. The normalized spacial score (nSPS) is 14.5. The zero-order valence-corrected chi connectivity index (χ0v) is 37.8. The molecule has 0 aromatic rings. The highest BCUT2D eigenvalue weighted by atomic mass is 31.2. The number of esters is 2. The number of carbonyl (C=O) groups is 2. The van der Waals surface area contributed by atoms with E-state index in [1.807, 2.05) is 12.2 Å². The highest BCUT2D eigenvalue weighted by molar-refractivity contribution is 7.47. The second-order valence-electron chi connectivity index (χ2n) is 15.0. The molecular weight excluding hydrogens is 767 g/mol. The van der Waals surface area contributed by atoms with Crippen LogP contribution in [-0.2, 0) is 32.7 Å². The van der Waals surface area contributed by atoms with E-state index in [4.69, 9.17) is 18.5 Å². The van der Waals surface area contributed by atoms with Crippen molar-refractivity contribution in [3.8, 4) is 0 Å². The van der Waals surface area contributed by atoms with Gasteiger partial charge in [-0.05, 0) is 51.4 Å². The molecule has 0 fully saturated rings. The van der Waals surface area contributed by atoms with Gasteiger partial charge in [-0.2, -0.15) is 0 Å². The first-order valence-electron chi connectivity index (χ1n) is 22.9. The molecule has 0 heterocycles. The summed E-state index contributed by atoms with van der Waals surface area (Å²) in [6.45, 7) is 2.02. The van der Waals surface area contributed by atoms with E-state index in [0.717, 1.165) is 57.8 Å². The average Bonchev–Trinajstić information content (AvgIpc) is 3.22. The van der Waals surface area contributed by atoms with Crippen molar-refractivity contribution in [1.82, 2.24) is 0 Å². The van der Waals surface area contributed by atoms with Crippen LogP contribution in [0.25, 0.3) is 0 Å². The van der Waals surface area contributed by atoms with Gasteiger partial charge in [0.1, 0.15) is 12.2 Å². The van der Waals surface area contributed by atoms with Gasteiger partial charge in [0.2, 0.25) is 0 Å². The van der Waals surface area contributed by atoms with Gasteiger partial charge in [0.15, 0.2) is 0 Å². The lowest BCUT2D eigenvalue weighted by Crippen LogP contribution is -2.28. The molecule has 0 radical (unpaired) electrons. The Bertz CT molecular complexity index is 1210. The molecule has 0 amide bonds. The zero-order valence-electron chi connectivity index (χ0n) is 36.9. The minimum Gasteiger partial charge on any atom is -0.457 e. The number of phosphoric ester groups is 1. The molecule has 11 heteroatoms. The van der Waals surface area contributed by atoms with Gasteiger partial charge in [-0.15, -0.1) is 0 Å². The van der Waals surface area contributed by atoms with Crippen LogP contribution in [0.5, 0.6) is 0 Å². The molecule has 340 valence electrons. The van der Waals surface area contributed by atoms with E-state index in [2.05, 4.69) is 74.6 Å². The molecule has 0 bridgehead atoms. The van der Waals surface area contributed by atoms with Crippen molar-refractivity contribution in [3.05, 3.63) is 72.9 Å². The van der Waals surface area contributed by atoms with Gasteiger partial charge in [0.05, 0.1) is 26.4 Å². The van der Waals surface area contributed by atoms with Crippen LogP contribution in [0, 0.1) is 0 Å². The van der Waals surface area contributed by atoms with Crippen LogP contribution in [0.4, 0.5) is 0 Å². The molecular formula is C48H83O10P. The Kier molecular flexibility index (Phi) is 41.6. The van der Waals surface area contributed by atoms with Crippen molar-refractivity contribution < 1.29 is 47.8 Å². The van der Waals surface area contributed by atoms with Crippen LogP contribution < -0.4 is 0 Å². The molecule has 3 unspecified atom stereocenters. The Balaban J connectivity index is 4.00. The summed E-state index contributed by atoms with van der Waals surface area (Å²) in [7, 11) is -4.66. The van der Waals surface area contributed by atoms with E-state index in [1.54, 1.807) is 0 Å². The molecule has 0 rings (SSSR count). The number of rotatable bonds is 42. The molecule has 3 N–H and O–H groups in total. The molecule has 0 aliphatic carbocycles. The summed E-state index contributed by atoms with van der Waals surface area (Å²) in [5.41, 5.74) is 0. The molecule has 0 aromatic carbocycles. The van der Waals surface area contributed by atoms with Crippen molar-refractivity contribution in [3.63, 3.8) is 0 Å². The van der Waals surface area contributed by atoms with Crippen molar-refractivity contribution >= 4 is 19.8 Å². The fourth-order valence-electron chi connectivity index (χ4n) is 5.96. The molecule has 0 saturated carbocycles. The van der Waals surface area contributed by atoms with Crippen LogP contribution in [0.1, 0.15) is 181 Å². The Morgan fingerprint density at radius 1 is 0.475 bits per heavy atom. The maximum atomic E-state index is 12.4. The molecule has 0 aliphatic rings. The van der Waals surface area contributed by atoms with Gasteiger partial charge in [0, 0.05) is 12.8 Å². The number of hydrogen-bond acceptors (Lipinski definition) is 9. The van der Waals surface area contributed by atoms with Crippen molar-refractivity contribution in [2.24, 2.45) is 0 Å².